The fourth-order valence-electron chi connectivity index (χ4n) is 3.14. The van der Waals surface area contributed by atoms with Gasteiger partial charge < -0.3 is 20.9 Å². The Bertz CT molecular complexity index is 825. The molecule has 1 aliphatic rings. The number of aryl methyl sites for hydroxylation is 1. The first-order chi connectivity index (χ1) is 14.0. The van der Waals surface area contributed by atoms with E-state index >= 15 is 0 Å². The number of nitro groups is 1. The molecule has 0 unspecified atom stereocenters. The second-order valence-corrected chi connectivity index (χ2v) is 8.53. The van der Waals surface area contributed by atoms with Gasteiger partial charge in [0, 0.05) is 43.0 Å². The van der Waals surface area contributed by atoms with E-state index in [9.17, 15) is 24.5 Å². The van der Waals surface area contributed by atoms with E-state index in [4.69, 9.17) is 0 Å². The van der Waals surface area contributed by atoms with Crippen LogP contribution in [-0.4, -0.2) is 52.8 Å². The number of hydrogen-bond acceptors (Lipinski definition) is 5. The zero-order valence-electron chi connectivity index (χ0n) is 17.8. The summed E-state index contributed by atoms with van der Waals surface area (Å²) in [5.41, 5.74) is 0.458. The van der Waals surface area contributed by atoms with Crippen LogP contribution in [0.3, 0.4) is 0 Å². The number of carbonyl (C=O) groups excluding carboxylic acids is 3. The summed E-state index contributed by atoms with van der Waals surface area (Å²) in [5, 5.41) is 18.8. The van der Waals surface area contributed by atoms with Gasteiger partial charge in [0.25, 0.3) is 5.69 Å². The molecular weight excluding hydrogens is 390 g/mol. The number of nitrogens with zero attached hydrogens (tertiary/aromatic N) is 2. The highest BCUT2D eigenvalue weighted by Crippen LogP contribution is 2.21. The van der Waals surface area contributed by atoms with E-state index in [0.29, 0.717) is 30.9 Å². The fraction of sp³-hybridized carbons (Fsp3) is 0.550. The Labute approximate surface area is 175 Å². The third kappa shape index (κ3) is 6.71. The lowest BCUT2D eigenvalue weighted by atomic mass is 9.97. The van der Waals surface area contributed by atoms with Gasteiger partial charge in [0.05, 0.1) is 4.92 Å². The molecule has 0 aromatic heterocycles. The summed E-state index contributed by atoms with van der Waals surface area (Å²) < 4.78 is 0. The molecule has 3 N–H and O–H groups in total. The van der Waals surface area contributed by atoms with Gasteiger partial charge in [-0.25, -0.2) is 4.79 Å². The summed E-state index contributed by atoms with van der Waals surface area (Å²) in [7, 11) is 0. The lowest BCUT2D eigenvalue weighted by Crippen LogP contribution is -2.51. The van der Waals surface area contributed by atoms with Crippen LogP contribution in [0.4, 0.5) is 16.2 Å². The average Bonchev–Trinajstić information content (AvgIpc) is 2.66. The number of non-ortho nitro benzene ring substituents is 1. The molecule has 2 rings (SSSR count). The zero-order chi connectivity index (χ0) is 22.5. The second-order valence-electron chi connectivity index (χ2n) is 8.53. The quantitative estimate of drug-likeness (QED) is 0.391. The Kier molecular flexibility index (Phi) is 7.36. The summed E-state index contributed by atoms with van der Waals surface area (Å²) >= 11 is 0. The minimum atomic E-state index is -0.825. The van der Waals surface area contributed by atoms with E-state index in [0.717, 1.165) is 12.8 Å². The maximum atomic E-state index is 12.2. The number of nitrogens with one attached hydrogen (secondary N) is 3. The lowest BCUT2D eigenvalue weighted by Gasteiger charge is -2.34. The first-order valence-corrected chi connectivity index (χ1v) is 9.87. The Balaban J connectivity index is 1.78. The molecule has 1 heterocycles. The Hall–Kier alpha value is -3.17. The number of urea groups is 1. The predicted molar refractivity (Wildman–Crippen MR) is 112 cm³/mol. The van der Waals surface area contributed by atoms with Crippen LogP contribution in [0.1, 0.15) is 39.2 Å². The van der Waals surface area contributed by atoms with Gasteiger partial charge in [0.2, 0.25) is 0 Å². The third-order valence-electron chi connectivity index (χ3n) is 4.81. The summed E-state index contributed by atoms with van der Waals surface area (Å²) in [4.78, 5) is 48.4. The Morgan fingerprint density at radius 1 is 1.17 bits per heavy atom. The lowest BCUT2D eigenvalue weighted by molar-refractivity contribution is -0.384. The first-order valence-electron chi connectivity index (χ1n) is 9.87. The fourth-order valence-corrected chi connectivity index (χ4v) is 3.14. The van der Waals surface area contributed by atoms with Crippen molar-refractivity contribution in [3.05, 3.63) is 33.9 Å². The van der Waals surface area contributed by atoms with Crippen molar-refractivity contribution in [3.8, 4) is 0 Å². The zero-order valence-corrected chi connectivity index (χ0v) is 17.8. The number of amides is 4. The Morgan fingerprint density at radius 2 is 1.80 bits per heavy atom. The summed E-state index contributed by atoms with van der Waals surface area (Å²) in [6.07, 6.45) is 1.47. The topological polar surface area (TPSA) is 134 Å². The van der Waals surface area contributed by atoms with Crippen molar-refractivity contribution in [1.82, 2.24) is 15.5 Å². The van der Waals surface area contributed by atoms with Crippen molar-refractivity contribution in [3.63, 3.8) is 0 Å². The van der Waals surface area contributed by atoms with E-state index in [1.807, 2.05) is 20.8 Å². The molecule has 4 amide bonds. The molecule has 1 saturated heterocycles. The summed E-state index contributed by atoms with van der Waals surface area (Å²) in [5.74, 6) is -1.41. The normalized spacial score (nSPS) is 14.7. The van der Waals surface area contributed by atoms with Crippen LogP contribution in [0, 0.1) is 23.0 Å². The van der Waals surface area contributed by atoms with Crippen molar-refractivity contribution in [1.29, 1.82) is 0 Å². The minimum absolute atomic E-state index is 0.0857. The van der Waals surface area contributed by atoms with Gasteiger partial charge in [-0.3, -0.25) is 19.7 Å². The maximum absolute atomic E-state index is 12.2. The molecule has 0 aliphatic carbocycles. The van der Waals surface area contributed by atoms with Crippen LogP contribution < -0.4 is 16.0 Å². The van der Waals surface area contributed by atoms with E-state index in [1.165, 1.54) is 18.2 Å². The molecule has 1 aromatic rings. The van der Waals surface area contributed by atoms with Gasteiger partial charge in [0.1, 0.15) is 0 Å². The van der Waals surface area contributed by atoms with Crippen molar-refractivity contribution in [2.45, 2.75) is 46.1 Å². The van der Waals surface area contributed by atoms with E-state index in [2.05, 4.69) is 16.0 Å². The molecule has 1 aromatic carbocycles. The highest BCUT2D eigenvalue weighted by Gasteiger charge is 2.26. The third-order valence-corrected chi connectivity index (χ3v) is 4.81. The largest absolute Gasteiger partial charge is 0.348 e. The summed E-state index contributed by atoms with van der Waals surface area (Å²) in [6.45, 7) is 8.93. The molecule has 0 spiro atoms. The van der Waals surface area contributed by atoms with Gasteiger partial charge in [0.15, 0.2) is 0 Å². The predicted octanol–water partition coefficient (Wildman–Crippen LogP) is 2.18. The van der Waals surface area contributed by atoms with Crippen LogP contribution in [0.15, 0.2) is 18.2 Å². The molecule has 164 valence electrons. The molecule has 1 fully saturated rings. The number of likely N-dealkylation sites (tertiary alicyclic amines) is 1. The average molecular weight is 419 g/mol. The maximum Gasteiger partial charge on any atom is 0.317 e. The minimum Gasteiger partial charge on any atom is -0.348 e. The van der Waals surface area contributed by atoms with Crippen LogP contribution in [0.2, 0.25) is 0 Å². The summed E-state index contributed by atoms with van der Waals surface area (Å²) in [6, 6.07) is 3.90. The molecule has 0 atom stereocenters. The molecule has 0 saturated carbocycles. The molecule has 0 radical (unpaired) electrons. The SMILES string of the molecule is Cc1cc([N+](=O)[O-])ccc1NC(=O)C(=O)NCC1CCN(C(=O)NC(C)(C)C)CC1. The van der Waals surface area contributed by atoms with Crippen LogP contribution in [-0.2, 0) is 9.59 Å². The van der Waals surface area contributed by atoms with Gasteiger partial charge in [-0.2, -0.15) is 0 Å². The molecule has 1 aliphatic heterocycles. The number of benzene rings is 1. The second kappa shape index (κ2) is 9.55. The van der Waals surface area contributed by atoms with Gasteiger partial charge >= 0.3 is 17.8 Å². The van der Waals surface area contributed by atoms with Crippen molar-refractivity contribution in [2.24, 2.45) is 5.92 Å². The number of rotatable bonds is 4. The number of carbonyl (C=O) groups is 3. The van der Waals surface area contributed by atoms with Crippen molar-refractivity contribution < 1.29 is 19.3 Å². The van der Waals surface area contributed by atoms with Gasteiger partial charge in [-0.1, -0.05) is 0 Å². The van der Waals surface area contributed by atoms with Gasteiger partial charge in [-0.05, 0) is 58.1 Å². The van der Waals surface area contributed by atoms with E-state index in [1.54, 1.807) is 11.8 Å². The highest BCUT2D eigenvalue weighted by molar-refractivity contribution is 6.39. The van der Waals surface area contributed by atoms with Crippen LogP contribution in [0.25, 0.3) is 0 Å². The van der Waals surface area contributed by atoms with Crippen molar-refractivity contribution in [2.75, 3.05) is 25.0 Å². The van der Waals surface area contributed by atoms with E-state index < -0.39 is 16.7 Å². The number of piperidine rings is 1. The van der Waals surface area contributed by atoms with Crippen LogP contribution in [0.5, 0.6) is 0 Å². The molecule has 30 heavy (non-hydrogen) atoms. The molecular formula is C20H29N5O5. The van der Waals surface area contributed by atoms with Gasteiger partial charge in [-0.15, -0.1) is 0 Å². The number of nitro benzene ring substituents is 1. The smallest absolute Gasteiger partial charge is 0.317 e. The first kappa shape index (κ1) is 23.1. The molecule has 10 heteroatoms. The molecule has 10 nitrogen and oxygen atoms in total. The van der Waals surface area contributed by atoms with Crippen LogP contribution >= 0.6 is 0 Å². The number of anilines is 1. The Morgan fingerprint density at radius 3 is 2.33 bits per heavy atom. The number of hydrogen-bond donors (Lipinski definition) is 3. The standard InChI is InChI=1S/C20H29N5O5/c1-13-11-15(25(29)30)5-6-16(13)22-18(27)17(26)21-12-14-7-9-24(10-8-14)19(28)23-20(2,3)4/h5-6,11,14H,7-10,12H2,1-4H3,(H,21,26)(H,22,27)(H,23,28). The highest BCUT2D eigenvalue weighted by atomic mass is 16.6. The monoisotopic (exact) mass is 419 g/mol. The van der Waals surface area contributed by atoms with Crippen molar-refractivity contribution >= 4 is 29.2 Å². The molecule has 0 bridgehead atoms. The van der Waals surface area contributed by atoms with E-state index in [-0.39, 0.29) is 23.2 Å².